The molecule has 4 rings (SSSR count). The molecule has 1 amide bonds. The maximum atomic E-state index is 12.5. The summed E-state index contributed by atoms with van der Waals surface area (Å²) in [5.41, 5.74) is 7.80. The first-order valence-corrected chi connectivity index (χ1v) is 14.7. The predicted octanol–water partition coefficient (Wildman–Crippen LogP) is 3.41. The topological polar surface area (TPSA) is 154 Å². The third kappa shape index (κ3) is 9.24. The van der Waals surface area contributed by atoms with Gasteiger partial charge in [-0.05, 0) is 55.6 Å². The van der Waals surface area contributed by atoms with Gasteiger partial charge in [0.2, 0.25) is 6.29 Å². The number of aromatic nitrogens is 1. The molecule has 0 radical (unpaired) electrons. The van der Waals surface area contributed by atoms with Crippen LogP contribution in [0.4, 0.5) is 0 Å². The van der Waals surface area contributed by atoms with Gasteiger partial charge in [-0.25, -0.2) is 10.3 Å². The van der Waals surface area contributed by atoms with Crippen LogP contribution in [0.2, 0.25) is 0 Å². The Hall–Kier alpha value is -4.52. The number of hydroxylamine groups is 1. The van der Waals surface area contributed by atoms with Crippen molar-refractivity contribution in [3.8, 4) is 0 Å². The zero-order chi connectivity index (χ0) is 32.5. The van der Waals surface area contributed by atoms with Gasteiger partial charge < -0.3 is 29.2 Å². The van der Waals surface area contributed by atoms with E-state index in [4.69, 9.17) is 23.8 Å². The number of amides is 1. The molecule has 45 heavy (non-hydrogen) atoms. The third-order valence-electron chi connectivity index (χ3n) is 7.22. The zero-order valence-electron chi connectivity index (χ0n) is 26.0. The fourth-order valence-corrected chi connectivity index (χ4v) is 5.24. The molecule has 1 aliphatic rings. The summed E-state index contributed by atoms with van der Waals surface area (Å²) in [6.45, 7) is 8.70. The van der Waals surface area contributed by atoms with Crippen LogP contribution in [0.25, 0.3) is 17.0 Å². The minimum absolute atomic E-state index is 0.614. The van der Waals surface area contributed by atoms with Gasteiger partial charge in [-0.3, -0.25) is 19.2 Å². The molecule has 0 spiro atoms. The Bertz CT molecular complexity index is 1530. The number of para-hydroxylation sites is 1. The molecular weight excluding hydrogens is 582 g/mol. The van der Waals surface area contributed by atoms with Gasteiger partial charge in [-0.1, -0.05) is 42.5 Å². The van der Waals surface area contributed by atoms with Crippen molar-refractivity contribution in [3.63, 3.8) is 0 Å². The normalized spacial score (nSPS) is 21.4. The molecule has 0 saturated carbocycles. The zero-order valence-corrected chi connectivity index (χ0v) is 26.0. The van der Waals surface area contributed by atoms with E-state index in [9.17, 15) is 19.2 Å². The predicted molar refractivity (Wildman–Crippen MR) is 164 cm³/mol. The van der Waals surface area contributed by atoms with Gasteiger partial charge in [-0.2, -0.15) is 0 Å². The van der Waals surface area contributed by atoms with E-state index in [0.29, 0.717) is 6.54 Å². The van der Waals surface area contributed by atoms with Gasteiger partial charge in [0.25, 0.3) is 5.91 Å². The Kier molecular flexibility index (Phi) is 11.5. The third-order valence-corrected chi connectivity index (χ3v) is 7.22. The van der Waals surface area contributed by atoms with E-state index in [1.54, 1.807) is 13.0 Å². The lowest BCUT2D eigenvalue weighted by Crippen LogP contribution is -2.62. The maximum absolute atomic E-state index is 12.5. The van der Waals surface area contributed by atoms with Crippen molar-refractivity contribution in [1.82, 2.24) is 15.8 Å². The van der Waals surface area contributed by atoms with Gasteiger partial charge in [-0.15, -0.1) is 0 Å². The number of benzene rings is 2. The summed E-state index contributed by atoms with van der Waals surface area (Å²) in [7, 11) is 0. The molecule has 0 aliphatic carbocycles. The Morgan fingerprint density at radius 1 is 0.889 bits per heavy atom. The fourth-order valence-electron chi connectivity index (χ4n) is 5.24. The Morgan fingerprint density at radius 3 is 2.22 bits per heavy atom. The number of hydrogen-bond donors (Lipinski definition) is 3. The van der Waals surface area contributed by atoms with Crippen molar-refractivity contribution in [2.45, 2.75) is 78.3 Å². The number of ether oxygens (including phenoxy) is 4. The Labute approximate surface area is 261 Å². The molecule has 3 N–H and O–H groups in total. The van der Waals surface area contributed by atoms with Crippen molar-refractivity contribution >= 4 is 40.8 Å². The minimum atomic E-state index is -1.36. The van der Waals surface area contributed by atoms with Gasteiger partial charge in [0, 0.05) is 50.0 Å². The number of nitrogens with one attached hydrogen (secondary N) is 3. The van der Waals surface area contributed by atoms with Gasteiger partial charge in [0.15, 0.2) is 18.3 Å². The summed E-state index contributed by atoms with van der Waals surface area (Å²) < 4.78 is 21.6. The van der Waals surface area contributed by atoms with E-state index in [1.165, 1.54) is 29.6 Å². The standard InChI is InChI=1S/C33H39N3O9/c1-19-26(27-8-6-7-9-28(27)35-19)16-17-34-18-25-12-10-24(11-13-25)14-15-29(40)36-45-33-32(44-23(5)39)31(43-22(4)38)30(20(2)41-33)42-21(3)37/h6-15,20,30-35H,16-18H2,1-5H3,(H,36,40)/b15-14+/t20-,30+,31+,32-,33-/m0/s1. The molecular formula is C33H39N3O9. The molecule has 2 heterocycles. The first-order chi connectivity index (χ1) is 21.5. The molecule has 0 bridgehead atoms. The van der Waals surface area contributed by atoms with E-state index in [2.05, 4.69) is 40.9 Å². The first kappa shape index (κ1) is 33.4. The molecule has 2 aromatic carbocycles. The minimum Gasteiger partial charge on any atom is -0.456 e. The summed E-state index contributed by atoms with van der Waals surface area (Å²) >= 11 is 0. The number of H-pyrrole nitrogens is 1. The van der Waals surface area contributed by atoms with Crippen LogP contribution in [0.3, 0.4) is 0 Å². The van der Waals surface area contributed by atoms with Crippen LogP contribution in [-0.2, 0) is 55.9 Å². The molecule has 1 fully saturated rings. The van der Waals surface area contributed by atoms with Crippen molar-refractivity contribution in [2.24, 2.45) is 0 Å². The fraction of sp³-hybridized carbons (Fsp3) is 0.394. The van der Waals surface area contributed by atoms with Crippen LogP contribution in [0.1, 0.15) is 50.1 Å². The van der Waals surface area contributed by atoms with Crippen LogP contribution in [0.5, 0.6) is 0 Å². The van der Waals surface area contributed by atoms with Crippen LogP contribution < -0.4 is 10.8 Å². The average Bonchev–Trinajstić information content (AvgIpc) is 3.31. The van der Waals surface area contributed by atoms with Crippen molar-refractivity contribution in [3.05, 3.63) is 77.0 Å². The van der Waals surface area contributed by atoms with E-state index in [1.807, 2.05) is 30.3 Å². The number of aromatic amines is 1. The Morgan fingerprint density at radius 2 is 1.53 bits per heavy atom. The molecule has 5 atom stereocenters. The van der Waals surface area contributed by atoms with Crippen molar-refractivity contribution in [1.29, 1.82) is 0 Å². The summed E-state index contributed by atoms with van der Waals surface area (Å²) in [6, 6.07) is 16.1. The monoisotopic (exact) mass is 621 g/mol. The number of carbonyl (C=O) groups is 4. The molecule has 1 aromatic heterocycles. The quantitative estimate of drug-likeness (QED) is 0.0901. The lowest BCUT2D eigenvalue weighted by Gasteiger charge is -2.42. The van der Waals surface area contributed by atoms with E-state index < -0.39 is 54.5 Å². The molecule has 1 saturated heterocycles. The average molecular weight is 622 g/mol. The highest BCUT2D eigenvalue weighted by Gasteiger charge is 2.51. The molecule has 240 valence electrons. The number of aryl methyl sites for hydroxylation is 1. The lowest BCUT2D eigenvalue weighted by molar-refractivity contribution is -0.311. The Balaban J connectivity index is 1.28. The van der Waals surface area contributed by atoms with Crippen molar-refractivity contribution < 1.29 is 43.0 Å². The van der Waals surface area contributed by atoms with Crippen LogP contribution in [-0.4, -0.2) is 66.0 Å². The lowest BCUT2D eigenvalue weighted by atomic mass is 9.99. The number of esters is 3. The highest BCUT2D eigenvalue weighted by molar-refractivity contribution is 5.91. The highest BCUT2D eigenvalue weighted by Crippen LogP contribution is 2.29. The summed E-state index contributed by atoms with van der Waals surface area (Å²) in [5.74, 6) is -2.68. The first-order valence-electron chi connectivity index (χ1n) is 14.7. The van der Waals surface area contributed by atoms with Crippen LogP contribution in [0, 0.1) is 6.92 Å². The number of carbonyl (C=O) groups excluding carboxylic acids is 4. The maximum Gasteiger partial charge on any atom is 0.303 e. The second kappa shape index (κ2) is 15.5. The highest BCUT2D eigenvalue weighted by atomic mass is 16.8. The number of fused-ring (bicyclic) bond motifs is 1. The van der Waals surface area contributed by atoms with E-state index >= 15 is 0 Å². The largest absolute Gasteiger partial charge is 0.456 e. The van der Waals surface area contributed by atoms with Gasteiger partial charge in [0.1, 0.15) is 0 Å². The second-order valence-electron chi connectivity index (χ2n) is 10.8. The number of rotatable bonds is 12. The van der Waals surface area contributed by atoms with E-state index in [-0.39, 0.29) is 0 Å². The SMILES string of the molecule is CC(=O)O[C@H]1[C@H](OC(C)=O)[C@H](ONC(=O)/C=C/c2ccc(CNCCc3c(C)[nH]c4ccccc34)cc2)O[C@@H](C)[C@H]1OC(C)=O. The molecule has 3 aromatic rings. The van der Waals surface area contributed by atoms with Gasteiger partial charge >= 0.3 is 17.9 Å². The van der Waals surface area contributed by atoms with E-state index in [0.717, 1.165) is 43.5 Å². The molecule has 12 nitrogen and oxygen atoms in total. The van der Waals surface area contributed by atoms with Crippen molar-refractivity contribution in [2.75, 3.05) is 6.54 Å². The van der Waals surface area contributed by atoms with Gasteiger partial charge in [0.05, 0.1) is 6.10 Å². The smallest absolute Gasteiger partial charge is 0.303 e. The second-order valence-corrected chi connectivity index (χ2v) is 10.8. The summed E-state index contributed by atoms with van der Waals surface area (Å²) in [6.07, 6.45) is -2.02. The summed E-state index contributed by atoms with van der Waals surface area (Å²) in [4.78, 5) is 56.6. The number of hydrogen-bond acceptors (Lipinski definition) is 10. The summed E-state index contributed by atoms with van der Waals surface area (Å²) in [5, 5.41) is 4.74. The van der Waals surface area contributed by atoms with Crippen LogP contribution in [0.15, 0.2) is 54.6 Å². The molecule has 0 unspecified atom stereocenters. The van der Waals surface area contributed by atoms with Crippen LogP contribution >= 0.6 is 0 Å². The molecule has 1 aliphatic heterocycles. The molecule has 12 heteroatoms.